The maximum Gasteiger partial charge on any atom is 0.274 e. The molecule has 1 fully saturated rings. The third kappa shape index (κ3) is 2.81. The van der Waals surface area contributed by atoms with Crippen molar-refractivity contribution in [3.05, 3.63) is 36.3 Å². The maximum absolute atomic E-state index is 12.6. The highest BCUT2D eigenvalue weighted by Crippen LogP contribution is 2.23. The summed E-state index contributed by atoms with van der Waals surface area (Å²) in [6.07, 6.45) is 3.72. The monoisotopic (exact) mass is 329 g/mol. The first kappa shape index (κ1) is 14.6. The second kappa shape index (κ2) is 5.88. The van der Waals surface area contributed by atoms with Crippen LogP contribution in [0.5, 0.6) is 0 Å². The van der Waals surface area contributed by atoms with Crippen LogP contribution in [0.1, 0.15) is 17.4 Å². The standard InChI is InChI=1S/C16H19N5OS/c1-12-10-17-16(23-12)20-8-6-19(7-9-20)15(22)13-11-21-5-3-2-4-14(21)18-13/h2-5,11-12H,6-10H2,1H3. The molecule has 0 spiro atoms. The zero-order valence-electron chi connectivity index (χ0n) is 13.1. The molecular formula is C16H19N5OS. The predicted octanol–water partition coefficient (Wildman–Crippen LogP) is 1.58. The van der Waals surface area contributed by atoms with Crippen molar-refractivity contribution in [2.45, 2.75) is 12.2 Å². The van der Waals surface area contributed by atoms with Crippen LogP contribution in [0.2, 0.25) is 0 Å². The maximum atomic E-state index is 12.6. The first-order chi connectivity index (χ1) is 11.2. The van der Waals surface area contributed by atoms with E-state index >= 15 is 0 Å². The number of aliphatic imine (C=N–C) groups is 1. The van der Waals surface area contributed by atoms with Crippen LogP contribution >= 0.6 is 11.8 Å². The molecule has 0 radical (unpaired) electrons. The fraction of sp³-hybridized carbons (Fsp3) is 0.438. The second-order valence-corrected chi connectivity index (χ2v) is 7.33. The van der Waals surface area contributed by atoms with Crippen LogP contribution in [0, 0.1) is 0 Å². The van der Waals surface area contributed by atoms with Gasteiger partial charge in [-0.3, -0.25) is 9.79 Å². The van der Waals surface area contributed by atoms with Gasteiger partial charge in [0.2, 0.25) is 0 Å². The minimum atomic E-state index is 0.0164. The SMILES string of the molecule is CC1CN=C(N2CCN(C(=O)c3cn4ccccc4n3)CC2)S1. The van der Waals surface area contributed by atoms with Gasteiger partial charge < -0.3 is 14.2 Å². The van der Waals surface area contributed by atoms with Crippen LogP contribution in [0.4, 0.5) is 0 Å². The summed E-state index contributed by atoms with van der Waals surface area (Å²) in [5.41, 5.74) is 1.33. The minimum Gasteiger partial charge on any atom is -0.348 e. The number of imidazole rings is 1. The Labute approximate surface area is 139 Å². The smallest absolute Gasteiger partial charge is 0.274 e. The van der Waals surface area contributed by atoms with E-state index in [0.717, 1.165) is 43.5 Å². The number of carbonyl (C=O) groups is 1. The molecular weight excluding hydrogens is 310 g/mol. The molecule has 2 aromatic rings. The topological polar surface area (TPSA) is 53.2 Å². The molecule has 0 saturated carbocycles. The molecule has 0 N–H and O–H groups in total. The molecule has 4 rings (SSSR count). The van der Waals surface area contributed by atoms with Crippen LogP contribution in [0.15, 0.2) is 35.6 Å². The highest BCUT2D eigenvalue weighted by atomic mass is 32.2. The van der Waals surface area contributed by atoms with Crippen LogP contribution in [0.3, 0.4) is 0 Å². The molecule has 7 heteroatoms. The first-order valence-corrected chi connectivity index (χ1v) is 8.78. The number of thioether (sulfide) groups is 1. The lowest BCUT2D eigenvalue weighted by molar-refractivity contribution is 0.0688. The Morgan fingerprint density at radius 3 is 2.78 bits per heavy atom. The van der Waals surface area contributed by atoms with E-state index in [2.05, 4.69) is 21.8 Å². The van der Waals surface area contributed by atoms with Gasteiger partial charge in [0, 0.05) is 43.8 Å². The molecule has 6 nitrogen and oxygen atoms in total. The van der Waals surface area contributed by atoms with Gasteiger partial charge in [-0.15, -0.1) is 0 Å². The molecule has 1 unspecified atom stereocenters. The van der Waals surface area contributed by atoms with Crippen molar-refractivity contribution in [3.63, 3.8) is 0 Å². The Bertz CT molecular complexity index is 730. The largest absolute Gasteiger partial charge is 0.348 e. The van der Waals surface area contributed by atoms with Crippen molar-refractivity contribution in [2.24, 2.45) is 4.99 Å². The van der Waals surface area contributed by atoms with Gasteiger partial charge >= 0.3 is 0 Å². The van der Waals surface area contributed by atoms with Gasteiger partial charge in [-0.05, 0) is 12.1 Å². The second-order valence-electron chi connectivity index (χ2n) is 5.92. The van der Waals surface area contributed by atoms with Crippen LogP contribution < -0.4 is 0 Å². The molecule has 0 aromatic carbocycles. The number of hydrogen-bond acceptors (Lipinski definition) is 5. The summed E-state index contributed by atoms with van der Waals surface area (Å²) in [5.74, 6) is 0.0164. The highest BCUT2D eigenvalue weighted by Gasteiger charge is 2.27. The van der Waals surface area contributed by atoms with Crippen LogP contribution in [-0.2, 0) is 0 Å². The number of amides is 1. The lowest BCUT2D eigenvalue weighted by atomic mass is 10.3. The summed E-state index contributed by atoms with van der Waals surface area (Å²) in [5, 5.41) is 1.71. The van der Waals surface area contributed by atoms with E-state index < -0.39 is 0 Å². The van der Waals surface area contributed by atoms with Gasteiger partial charge in [0.1, 0.15) is 11.3 Å². The van der Waals surface area contributed by atoms with E-state index in [0.29, 0.717) is 10.9 Å². The molecule has 0 bridgehead atoms. The van der Waals surface area contributed by atoms with Gasteiger partial charge in [0.05, 0.1) is 6.54 Å². The number of pyridine rings is 1. The Hall–Kier alpha value is -2.02. The van der Waals surface area contributed by atoms with Gasteiger partial charge in [-0.1, -0.05) is 24.8 Å². The molecule has 0 aliphatic carbocycles. The van der Waals surface area contributed by atoms with E-state index in [9.17, 15) is 4.79 Å². The van der Waals surface area contributed by atoms with Crippen molar-refractivity contribution >= 4 is 28.5 Å². The third-order valence-electron chi connectivity index (χ3n) is 4.21. The quantitative estimate of drug-likeness (QED) is 0.797. The number of amidine groups is 1. The number of hydrogen-bond donors (Lipinski definition) is 0. The molecule has 120 valence electrons. The van der Waals surface area contributed by atoms with E-state index in [4.69, 9.17) is 0 Å². The Kier molecular flexibility index (Phi) is 3.72. The van der Waals surface area contributed by atoms with E-state index in [-0.39, 0.29) is 5.91 Å². The fourth-order valence-corrected chi connectivity index (χ4v) is 3.93. The summed E-state index contributed by atoms with van der Waals surface area (Å²) >= 11 is 1.84. The van der Waals surface area contributed by atoms with E-state index in [1.54, 1.807) is 0 Å². The lowest BCUT2D eigenvalue weighted by Crippen LogP contribution is -2.50. The van der Waals surface area contributed by atoms with Crippen molar-refractivity contribution in [1.29, 1.82) is 0 Å². The Balaban J connectivity index is 1.42. The number of rotatable bonds is 1. The van der Waals surface area contributed by atoms with E-state index in [1.807, 2.05) is 51.7 Å². The van der Waals surface area contributed by atoms with Crippen molar-refractivity contribution in [2.75, 3.05) is 32.7 Å². The number of carbonyl (C=O) groups excluding carboxylic acids is 1. The number of aromatic nitrogens is 2. The molecule has 2 aliphatic heterocycles. The molecule has 1 atom stereocenters. The highest BCUT2D eigenvalue weighted by molar-refractivity contribution is 8.14. The Morgan fingerprint density at radius 1 is 1.26 bits per heavy atom. The van der Waals surface area contributed by atoms with Crippen molar-refractivity contribution < 1.29 is 4.79 Å². The van der Waals surface area contributed by atoms with Crippen LogP contribution in [0.25, 0.3) is 5.65 Å². The molecule has 4 heterocycles. The lowest BCUT2D eigenvalue weighted by Gasteiger charge is -2.35. The molecule has 23 heavy (non-hydrogen) atoms. The summed E-state index contributed by atoms with van der Waals surface area (Å²) < 4.78 is 1.88. The third-order valence-corrected chi connectivity index (χ3v) is 5.36. The first-order valence-electron chi connectivity index (χ1n) is 7.90. The van der Waals surface area contributed by atoms with Gasteiger partial charge in [-0.2, -0.15) is 0 Å². The van der Waals surface area contributed by atoms with Crippen LogP contribution in [-0.4, -0.2) is 68.2 Å². The normalized spacial score (nSPS) is 21.8. The number of nitrogens with zero attached hydrogens (tertiary/aromatic N) is 5. The van der Waals surface area contributed by atoms with Gasteiger partial charge in [-0.25, -0.2) is 4.98 Å². The van der Waals surface area contributed by atoms with Gasteiger partial charge in [0.25, 0.3) is 5.91 Å². The zero-order chi connectivity index (χ0) is 15.8. The molecule has 1 amide bonds. The van der Waals surface area contributed by atoms with Crippen molar-refractivity contribution in [3.8, 4) is 0 Å². The van der Waals surface area contributed by atoms with Crippen molar-refractivity contribution in [1.82, 2.24) is 19.2 Å². The summed E-state index contributed by atoms with van der Waals surface area (Å²) in [6, 6.07) is 5.77. The summed E-state index contributed by atoms with van der Waals surface area (Å²) in [7, 11) is 0. The average Bonchev–Trinajstić information content (AvgIpc) is 3.20. The average molecular weight is 329 g/mol. The van der Waals surface area contributed by atoms with E-state index in [1.165, 1.54) is 0 Å². The molecule has 2 aliphatic rings. The predicted molar refractivity (Wildman–Crippen MR) is 92.0 cm³/mol. The zero-order valence-corrected chi connectivity index (χ0v) is 13.9. The summed E-state index contributed by atoms with van der Waals surface area (Å²) in [6.45, 7) is 6.24. The Morgan fingerprint density at radius 2 is 2.09 bits per heavy atom. The number of piperazine rings is 1. The van der Waals surface area contributed by atoms with Gasteiger partial charge in [0.15, 0.2) is 5.17 Å². The summed E-state index contributed by atoms with van der Waals surface area (Å²) in [4.78, 5) is 25.8. The minimum absolute atomic E-state index is 0.0164. The molecule has 1 saturated heterocycles. The molecule has 2 aromatic heterocycles. The number of fused-ring (bicyclic) bond motifs is 1. The fourth-order valence-electron chi connectivity index (χ4n) is 2.94.